The third-order valence-electron chi connectivity index (χ3n) is 14.1. The smallest absolute Gasteiger partial charge is 0.342 e. The van der Waals surface area contributed by atoms with Gasteiger partial charge < -0.3 is 118 Å². The Morgan fingerprint density at radius 1 is 0.671 bits per heavy atom. The summed E-state index contributed by atoms with van der Waals surface area (Å²) in [5, 5.41) is 134. The molecule has 1 aromatic rings. The van der Waals surface area contributed by atoms with Crippen LogP contribution in [0.15, 0.2) is 54.5 Å². The summed E-state index contributed by atoms with van der Waals surface area (Å²) in [5.74, 6) is -8.61. The summed E-state index contributed by atoms with van der Waals surface area (Å²) in [6, 6.07) is 3.67. The van der Waals surface area contributed by atoms with Gasteiger partial charge in [0.1, 0.15) is 84.9 Å². The molecule has 6 aliphatic rings. The molecule has 23 atom stereocenters. The molecule has 0 aromatic heterocycles. The van der Waals surface area contributed by atoms with Crippen molar-refractivity contribution >= 4 is 17.9 Å². The number of esters is 3. The average Bonchev–Trinajstić information content (AvgIpc) is 3.71. The third kappa shape index (κ3) is 11.3. The van der Waals surface area contributed by atoms with Gasteiger partial charge in [-0.05, 0) is 25.0 Å². The largest absolute Gasteiger partial charge is 0.504 e. The molecular weight excluding hydrogens is 984 g/mol. The summed E-state index contributed by atoms with van der Waals surface area (Å²) in [7, 11) is 1.12. The summed E-state index contributed by atoms with van der Waals surface area (Å²) in [5.41, 5.74) is -0.574. The third-order valence-corrected chi connectivity index (χ3v) is 14.1. The van der Waals surface area contributed by atoms with Crippen LogP contribution in [0.1, 0.15) is 30.1 Å². The highest BCUT2D eigenvalue weighted by atomic mass is 16.8. The summed E-state index contributed by atoms with van der Waals surface area (Å²) < 4.78 is 62.0. The second kappa shape index (κ2) is 23.9. The zero-order chi connectivity index (χ0) is 53.2. The van der Waals surface area contributed by atoms with Crippen LogP contribution in [0.2, 0.25) is 0 Å². The molecule has 0 radical (unpaired) electrons. The van der Waals surface area contributed by atoms with Crippen LogP contribution in [-0.2, 0) is 57.0 Å². The Kier molecular flexibility index (Phi) is 18.4. The van der Waals surface area contributed by atoms with Gasteiger partial charge in [0, 0.05) is 29.6 Å². The normalized spacial score (nSPS) is 41.4. The lowest BCUT2D eigenvalue weighted by molar-refractivity contribution is -0.342. The zero-order valence-electron chi connectivity index (χ0n) is 39.2. The molecule has 27 heteroatoms. The maximum Gasteiger partial charge on any atom is 0.342 e. The lowest BCUT2D eigenvalue weighted by atomic mass is 9.81. The predicted molar refractivity (Wildman–Crippen MR) is 233 cm³/mol. The molecule has 408 valence electrons. The molecular formula is C46H62O27. The molecule has 0 unspecified atom stereocenters. The van der Waals surface area contributed by atoms with Crippen molar-refractivity contribution in [3.05, 3.63) is 60.1 Å². The van der Waals surface area contributed by atoms with Gasteiger partial charge in [-0.1, -0.05) is 19.1 Å². The second-order valence-electron chi connectivity index (χ2n) is 18.3. The van der Waals surface area contributed by atoms with Gasteiger partial charge in [0.2, 0.25) is 18.9 Å². The number of hydrogen-bond donors (Lipinski definition) is 13. The van der Waals surface area contributed by atoms with Crippen LogP contribution in [0.4, 0.5) is 0 Å². The highest BCUT2D eigenvalue weighted by Gasteiger charge is 2.56. The summed E-state index contributed by atoms with van der Waals surface area (Å²) >= 11 is 0. The molecule has 4 fully saturated rings. The number of aliphatic hydroxyl groups is 12. The van der Waals surface area contributed by atoms with Crippen molar-refractivity contribution in [2.75, 3.05) is 33.5 Å². The molecule has 5 heterocycles. The fourth-order valence-corrected chi connectivity index (χ4v) is 9.84. The number of methoxy groups -OCH3 is 1. The molecule has 1 aliphatic carbocycles. The number of fused-ring (bicyclic) bond motifs is 1. The van der Waals surface area contributed by atoms with Crippen molar-refractivity contribution in [2.24, 2.45) is 29.6 Å². The number of carbonyl (C=O) groups excluding carboxylic acids is 3. The fraction of sp³-hybridized carbons (Fsp3) is 0.674. The van der Waals surface area contributed by atoms with Gasteiger partial charge >= 0.3 is 17.9 Å². The van der Waals surface area contributed by atoms with Crippen LogP contribution < -0.4 is 4.74 Å². The molecule has 7 rings (SSSR count). The quantitative estimate of drug-likeness (QED) is 0.0395. The molecule has 1 saturated carbocycles. The number of aliphatic hydroxyl groups excluding tert-OH is 12. The van der Waals surface area contributed by atoms with Gasteiger partial charge in [0.05, 0.1) is 57.2 Å². The van der Waals surface area contributed by atoms with E-state index < -0.39 is 202 Å². The minimum atomic E-state index is -1.86. The Bertz CT molecular complexity index is 2150. The Hall–Kier alpha value is -4.63. The molecule has 73 heavy (non-hydrogen) atoms. The molecule has 0 spiro atoms. The number of ether oxygens (including phenoxy) is 11. The van der Waals surface area contributed by atoms with E-state index in [1.54, 1.807) is 6.92 Å². The number of rotatable bonds is 17. The Morgan fingerprint density at radius 3 is 1.74 bits per heavy atom. The van der Waals surface area contributed by atoms with Crippen LogP contribution in [-0.4, -0.2) is 229 Å². The molecule has 5 aliphatic heterocycles. The van der Waals surface area contributed by atoms with E-state index in [4.69, 9.17) is 52.1 Å². The predicted octanol–water partition coefficient (Wildman–Crippen LogP) is -4.99. The molecule has 27 nitrogen and oxygen atoms in total. The number of phenolic OH excluding ortho intramolecular Hbond substituents is 1. The average molecular weight is 1050 g/mol. The lowest BCUT2D eigenvalue weighted by Crippen LogP contribution is -2.60. The van der Waals surface area contributed by atoms with E-state index >= 15 is 0 Å². The summed E-state index contributed by atoms with van der Waals surface area (Å²) in [6.07, 6.45) is -25.9. The van der Waals surface area contributed by atoms with Gasteiger partial charge in [0.25, 0.3) is 0 Å². The monoisotopic (exact) mass is 1050 g/mol. The van der Waals surface area contributed by atoms with E-state index in [0.29, 0.717) is 0 Å². The summed E-state index contributed by atoms with van der Waals surface area (Å²) in [6.45, 7) is 2.75. The molecule has 3 saturated heterocycles. The van der Waals surface area contributed by atoms with E-state index in [0.717, 1.165) is 19.6 Å². The van der Waals surface area contributed by atoms with E-state index in [-0.39, 0.29) is 24.0 Å². The first kappa shape index (κ1) is 56.1. The minimum Gasteiger partial charge on any atom is -0.504 e. The standard InChI is InChI=1S/C46H62O27/c1-4-17-18(21(39(60)63-3)14-65-42(17)72-45-37(58)34(55)31(52)26(12-48)70-45)8-9-64-40(61)22-15-66-43(73-46-38(59)35(56)32(53)27(13-49)71-46)28-16(2)24(10-20(22)28)67-41(62)19-6-5-7-23(29(19)50)68-44-36(57)33(54)30(51)25(11-47)69-44/h4-7,14-18,20,24-28,30-38,42-59H,1,8-13H2,2-3H3/t16-,17+,18-,20+,24-,25+,26+,27+,28+,30+,31+,32+,33-,34-,35-,36+,37+,38+,42-,43-,44+,45-,46-/m0/s1. The SMILES string of the molecule is C=C[C@H]1[C@H](O[C@@H]2O[C@H](CO)[C@@H](O)[C@H](O)[C@H]2O)OC=C(C(=O)OC)[C@H]1CCOC(=O)C1=CO[C@@H](O[C@@H]2O[C@H](CO)[C@@H](O)[C@H](O)[C@H]2O)[C@@H]2[C@@H](C)[C@@H](OC(=O)c3cccc(O[C@@H]4O[C@H](CO)[C@@H](O)[C@H](O)[C@H]4O)c3O)C[C@H]12. The first-order chi connectivity index (χ1) is 34.8. The highest BCUT2D eigenvalue weighted by molar-refractivity contribution is 5.93. The number of phenols is 1. The zero-order valence-corrected chi connectivity index (χ0v) is 39.2. The van der Waals surface area contributed by atoms with Crippen molar-refractivity contribution < 1.29 is 133 Å². The van der Waals surface area contributed by atoms with Crippen molar-refractivity contribution in [1.82, 2.24) is 0 Å². The molecule has 13 N–H and O–H groups in total. The topological polar surface area (TPSA) is 416 Å². The van der Waals surface area contributed by atoms with Gasteiger partial charge in [-0.3, -0.25) is 0 Å². The van der Waals surface area contributed by atoms with Gasteiger partial charge in [-0.2, -0.15) is 0 Å². The number of hydrogen-bond acceptors (Lipinski definition) is 27. The maximum atomic E-state index is 14.1. The van der Waals surface area contributed by atoms with Gasteiger partial charge in [-0.15, -0.1) is 6.58 Å². The van der Waals surface area contributed by atoms with Crippen molar-refractivity contribution in [1.29, 1.82) is 0 Å². The van der Waals surface area contributed by atoms with Crippen molar-refractivity contribution in [3.8, 4) is 11.5 Å². The number of para-hydroxylation sites is 1. The van der Waals surface area contributed by atoms with Crippen molar-refractivity contribution in [3.63, 3.8) is 0 Å². The van der Waals surface area contributed by atoms with Gasteiger partial charge in [-0.25, -0.2) is 14.4 Å². The first-order valence-corrected chi connectivity index (χ1v) is 23.3. The van der Waals surface area contributed by atoms with E-state index in [1.807, 2.05) is 0 Å². The summed E-state index contributed by atoms with van der Waals surface area (Å²) in [4.78, 5) is 41.0. The van der Waals surface area contributed by atoms with Crippen LogP contribution in [0.3, 0.4) is 0 Å². The van der Waals surface area contributed by atoms with Gasteiger partial charge in [0.15, 0.2) is 24.1 Å². The second-order valence-corrected chi connectivity index (χ2v) is 18.3. The Morgan fingerprint density at radius 2 is 1.19 bits per heavy atom. The first-order valence-electron chi connectivity index (χ1n) is 23.3. The van der Waals surface area contributed by atoms with E-state index in [2.05, 4.69) is 6.58 Å². The van der Waals surface area contributed by atoms with Crippen LogP contribution in [0.25, 0.3) is 0 Å². The molecule has 0 amide bonds. The molecule has 0 bridgehead atoms. The number of aromatic hydroxyl groups is 1. The fourth-order valence-electron chi connectivity index (χ4n) is 9.84. The number of benzene rings is 1. The Labute approximate surface area is 415 Å². The lowest BCUT2D eigenvalue weighted by Gasteiger charge is -2.43. The molecule has 1 aromatic carbocycles. The van der Waals surface area contributed by atoms with Crippen LogP contribution in [0, 0.1) is 29.6 Å². The van der Waals surface area contributed by atoms with Crippen molar-refractivity contribution in [2.45, 2.75) is 131 Å². The number of carbonyl (C=O) groups is 3. The van der Waals surface area contributed by atoms with E-state index in [9.17, 15) is 80.8 Å². The highest BCUT2D eigenvalue weighted by Crippen LogP contribution is 2.49. The Balaban J connectivity index is 1.09. The van der Waals surface area contributed by atoms with Crippen LogP contribution in [0.5, 0.6) is 11.5 Å². The van der Waals surface area contributed by atoms with E-state index in [1.165, 1.54) is 24.3 Å². The van der Waals surface area contributed by atoms with Crippen LogP contribution >= 0.6 is 0 Å². The maximum absolute atomic E-state index is 14.1. The minimum absolute atomic E-state index is 0.0307.